The highest BCUT2D eigenvalue weighted by Gasteiger charge is 2.41. The van der Waals surface area contributed by atoms with Gasteiger partial charge in [0.05, 0.1) is 17.5 Å². The van der Waals surface area contributed by atoms with Crippen LogP contribution in [0.2, 0.25) is 0 Å². The van der Waals surface area contributed by atoms with E-state index < -0.39 is 12.1 Å². The van der Waals surface area contributed by atoms with E-state index in [0.717, 1.165) is 11.3 Å². The highest BCUT2D eigenvalue weighted by Crippen LogP contribution is 2.36. The zero-order valence-corrected chi connectivity index (χ0v) is 12.0. The first-order valence-electron chi connectivity index (χ1n) is 6.84. The van der Waals surface area contributed by atoms with Crippen LogP contribution in [0.5, 0.6) is 0 Å². The van der Waals surface area contributed by atoms with Crippen LogP contribution in [0.1, 0.15) is 18.5 Å². The number of halogens is 4. The van der Waals surface area contributed by atoms with E-state index in [2.05, 4.69) is 4.98 Å². The Morgan fingerprint density at radius 1 is 1.24 bits per heavy atom. The molecule has 2 aromatic heterocycles. The van der Waals surface area contributed by atoms with E-state index in [1.54, 1.807) is 0 Å². The molecule has 1 aliphatic heterocycles. The first-order chi connectivity index (χ1) is 10.0. The molecule has 0 aliphatic carbocycles. The summed E-state index contributed by atoms with van der Waals surface area (Å²) in [5, 5.41) is 0. The van der Waals surface area contributed by atoms with Crippen LogP contribution in [0.15, 0.2) is 24.4 Å². The lowest BCUT2D eigenvalue weighted by Crippen LogP contribution is -2.39. The Morgan fingerprint density at radius 3 is 2.57 bits per heavy atom. The van der Waals surface area contributed by atoms with Crippen LogP contribution in [0.3, 0.4) is 0 Å². The quantitative estimate of drug-likeness (QED) is 0.784. The molecule has 0 atom stereocenters. The first-order valence-corrected chi connectivity index (χ1v) is 7.37. The average molecular weight is 318 g/mol. The van der Waals surface area contributed by atoms with E-state index in [0.29, 0.717) is 18.9 Å². The maximum absolute atomic E-state index is 12.7. The van der Waals surface area contributed by atoms with Crippen molar-refractivity contribution in [2.24, 2.45) is 5.92 Å². The molecule has 0 radical (unpaired) electrons. The minimum absolute atomic E-state index is 0.110. The number of fused-ring (bicyclic) bond motifs is 1. The number of nitrogens with zero attached hydrogens (tertiary/aromatic N) is 3. The standard InChI is InChI=1S/C14H15ClF3N3/c15-9-11-13(19-12-3-1-2-6-21(11)12)20-7-4-10(5-8-20)14(16,17)18/h1-3,6,10H,4-5,7-9H2. The molecule has 21 heavy (non-hydrogen) atoms. The molecule has 0 bridgehead atoms. The monoisotopic (exact) mass is 317 g/mol. The van der Waals surface area contributed by atoms with Gasteiger partial charge in [0.15, 0.2) is 5.82 Å². The summed E-state index contributed by atoms with van der Waals surface area (Å²) in [5.74, 6) is -0.221. The predicted molar refractivity (Wildman–Crippen MR) is 75.7 cm³/mol. The number of anilines is 1. The molecule has 3 heterocycles. The molecule has 1 fully saturated rings. The van der Waals surface area contributed by atoms with Crippen LogP contribution in [-0.4, -0.2) is 28.7 Å². The number of aromatic nitrogens is 2. The third-order valence-corrected chi connectivity index (χ3v) is 4.24. The van der Waals surface area contributed by atoms with E-state index in [9.17, 15) is 13.2 Å². The SMILES string of the molecule is FC(F)(F)C1CCN(c2nc3ccccn3c2CCl)CC1. The number of rotatable bonds is 2. The largest absolute Gasteiger partial charge is 0.391 e. The predicted octanol–water partition coefficient (Wildman–Crippen LogP) is 3.85. The van der Waals surface area contributed by atoms with Gasteiger partial charge in [-0.1, -0.05) is 6.07 Å². The van der Waals surface area contributed by atoms with E-state index in [1.807, 2.05) is 33.7 Å². The molecule has 0 aromatic carbocycles. The summed E-state index contributed by atoms with van der Waals surface area (Å²) in [6.45, 7) is 0.718. The van der Waals surface area contributed by atoms with Gasteiger partial charge in [0.2, 0.25) is 0 Å². The summed E-state index contributed by atoms with van der Waals surface area (Å²) >= 11 is 6.01. The van der Waals surface area contributed by atoms with Crippen LogP contribution < -0.4 is 4.90 Å². The van der Waals surface area contributed by atoms with Crippen LogP contribution in [-0.2, 0) is 5.88 Å². The summed E-state index contributed by atoms with van der Waals surface area (Å²) in [7, 11) is 0. The van der Waals surface area contributed by atoms with Crippen molar-refractivity contribution >= 4 is 23.1 Å². The molecule has 3 nitrogen and oxygen atoms in total. The molecule has 2 aromatic rings. The smallest absolute Gasteiger partial charge is 0.355 e. The van der Waals surface area contributed by atoms with Crippen LogP contribution >= 0.6 is 11.6 Å². The molecular weight excluding hydrogens is 303 g/mol. The number of imidazole rings is 1. The Labute approximate surface area is 125 Å². The zero-order valence-electron chi connectivity index (χ0n) is 11.3. The summed E-state index contributed by atoms with van der Waals surface area (Å²) in [6.07, 6.45) is -2.01. The number of alkyl halides is 4. The molecular formula is C14H15ClF3N3. The minimum Gasteiger partial charge on any atom is -0.355 e. The molecule has 3 rings (SSSR count). The maximum atomic E-state index is 12.7. The second-order valence-corrected chi connectivity index (χ2v) is 5.51. The fraction of sp³-hybridized carbons (Fsp3) is 0.500. The molecule has 7 heteroatoms. The maximum Gasteiger partial charge on any atom is 0.391 e. The molecule has 0 N–H and O–H groups in total. The van der Waals surface area contributed by atoms with Crippen molar-refractivity contribution in [1.29, 1.82) is 0 Å². The molecule has 1 aliphatic rings. The zero-order chi connectivity index (χ0) is 15.0. The Hall–Kier alpha value is -1.43. The van der Waals surface area contributed by atoms with Crippen molar-refractivity contribution in [2.45, 2.75) is 24.9 Å². The van der Waals surface area contributed by atoms with Gasteiger partial charge in [-0.2, -0.15) is 13.2 Å². The van der Waals surface area contributed by atoms with E-state index in [4.69, 9.17) is 11.6 Å². The number of piperidine rings is 1. The summed E-state index contributed by atoms with van der Waals surface area (Å²) < 4.78 is 40.1. The highest BCUT2D eigenvalue weighted by molar-refractivity contribution is 6.17. The van der Waals surface area contributed by atoms with Gasteiger partial charge in [0.1, 0.15) is 5.65 Å². The Morgan fingerprint density at radius 2 is 1.95 bits per heavy atom. The van der Waals surface area contributed by atoms with Gasteiger partial charge in [-0.05, 0) is 25.0 Å². The van der Waals surface area contributed by atoms with Crippen LogP contribution in [0, 0.1) is 5.92 Å². The average Bonchev–Trinajstić information content (AvgIpc) is 2.85. The summed E-state index contributed by atoms with van der Waals surface area (Å²) in [6, 6.07) is 5.62. The Balaban J connectivity index is 1.85. The fourth-order valence-corrected chi connectivity index (χ4v) is 3.08. The van der Waals surface area contributed by atoms with Crippen LogP contribution in [0.4, 0.5) is 19.0 Å². The Bertz CT molecular complexity index is 630. The van der Waals surface area contributed by atoms with Gasteiger partial charge in [-0.3, -0.25) is 0 Å². The first kappa shape index (κ1) is 14.5. The molecule has 1 saturated heterocycles. The second kappa shape index (κ2) is 5.40. The van der Waals surface area contributed by atoms with Crippen molar-refractivity contribution in [2.75, 3.05) is 18.0 Å². The second-order valence-electron chi connectivity index (χ2n) is 5.25. The lowest BCUT2D eigenvalue weighted by molar-refractivity contribution is -0.179. The highest BCUT2D eigenvalue weighted by atomic mass is 35.5. The van der Waals surface area contributed by atoms with Crippen molar-refractivity contribution in [3.8, 4) is 0 Å². The van der Waals surface area contributed by atoms with Gasteiger partial charge in [-0.15, -0.1) is 11.6 Å². The van der Waals surface area contributed by atoms with Gasteiger partial charge >= 0.3 is 6.18 Å². The van der Waals surface area contributed by atoms with Gasteiger partial charge < -0.3 is 9.30 Å². The lowest BCUT2D eigenvalue weighted by Gasteiger charge is -2.33. The topological polar surface area (TPSA) is 20.5 Å². The normalized spacial score (nSPS) is 17.6. The van der Waals surface area contributed by atoms with Gasteiger partial charge in [0.25, 0.3) is 0 Å². The summed E-state index contributed by atoms with van der Waals surface area (Å²) in [5.41, 5.74) is 1.60. The third kappa shape index (κ3) is 2.69. The van der Waals surface area contributed by atoms with Crippen molar-refractivity contribution < 1.29 is 13.2 Å². The molecule has 0 amide bonds. The number of hydrogen-bond donors (Lipinski definition) is 0. The Kier molecular flexibility index (Phi) is 3.73. The fourth-order valence-electron chi connectivity index (χ4n) is 2.83. The van der Waals surface area contributed by atoms with E-state index in [-0.39, 0.29) is 18.7 Å². The van der Waals surface area contributed by atoms with E-state index in [1.165, 1.54) is 0 Å². The number of pyridine rings is 1. The minimum atomic E-state index is -4.10. The van der Waals surface area contributed by atoms with Crippen LogP contribution in [0.25, 0.3) is 5.65 Å². The van der Waals surface area contributed by atoms with Crippen molar-refractivity contribution in [1.82, 2.24) is 9.38 Å². The summed E-state index contributed by atoms with van der Waals surface area (Å²) in [4.78, 5) is 6.43. The van der Waals surface area contributed by atoms with Gasteiger partial charge in [0, 0.05) is 19.3 Å². The molecule has 0 saturated carbocycles. The molecule has 0 spiro atoms. The molecule has 114 valence electrons. The lowest BCUT2D eigenvalue weighted by atomic mass is 9.96. The third-order valence-electron chi connectivity index (χ3n) is 3.99. The van der Waals surface area contributed by atoms with Gasteiger partial charge in [-0.25, -0.2) is 4.98 Å². The van der Waals surface area contributed by atoms with Crippen molar-refractivity contribution in [3.63, 3.8) is 0 Å². The van der Waals surface area contributed by atoms with Crippen molar-refractivity contribution in [3.05, 3.63) is 30.1 Å². The molecule has 0 unspecified atom stereocenters. The number of hydrogen-bond acceptors (Lipinski definition) is 2. The van der Waals surface area contributed by atoms with E-state index >= 15 is 0 Å².